The van der Waals surface area contributed by atoms with E-state index in [0.717, 1.165) is 16.9 Å². The van der Waals surface area contributed by atoms with Crippen molar-refractivity contribution < 1.29 is 14.7 Å². The second-order valence-corrected chi connectivity index (χ2v) is 6.53. The third-order valence-electron chi connectivity index (χ3n) is 4.44. The molecule has 28 heavy (non-hydrogen) atoms. The van der Waals surface area contributed by atoms with E-state index in [2.05, 4.69) is 15.0 Å². The van der Waals surface area contributed by atoms with Crippen LogP contribution in [0.1, 0.15) is 28.4 Å². The number of hydrogen-bond acceptors (Lipinski definition) is 6. The zero-order valence-corrected chi connectivity index (χ0v) is 16.0. The van der Waals surface area contributed by atoms with Gasteiger partial charge < -0.3 is 9.67 Å². The van der Waals surface area contributed by atoms with Crippen LogP contribution in [-0.2, 0) is 24.8 Å². The third-order valence-corrected chi connectivity index (χ3v) is 4.44. The van der Waals surface area contributed by atoms with Gasteiger partial charge in [-0.05, 0) is 12.1 Å². The van der Waals surface area contributed by atoms with Gasteiger partial charge in [0.15, 0.2) is 5.69 Å². The number of aromatic nitrogens is 4. The van der Waals surface area contributed by atoms with Crippen LogP contribution in [0.5, 0.6) is 0 Å². The Kier molecular flexibility index (Phi) is 5.65. The Balaban J connectivity index is 1.91. The van der Waals surface area contributed by atoms with Crippen LogP contribution in [0.15, 0.2) is 36.7 Å². The van der Waals surface area contributed by atoms with E-state index < -0.39 is 5.97 Å². The second-order valence-electron chi connectivity index (χ2n) is 6.53. The maximum atomic E-state index is 13.2. The van der Waals surface area contributed by atoms with Crippen molar-refractivity contribution in [3.05, 3.63) is 53.9 Å². The van der Waals surface area contributed by atoms with Gasteiger partial charge in [-0.25, -0.2) is 15.0 Å². The molecular formula is C19H22N6O3. The number of carboxylic acids is 1. The summed E-state index contributed by atoms with van der Waals surface area (Å²) in [5, 5.41) is 12.1. The minimum absolute atomic E-state index is 0.119. The van der Waals surface area contributed by atoms with Crippen LogP contribution in [0.25, 0.3) is 11.0 Å². The first-order valence-electron chi connectivity index (χ1n) is 8.79. The molecule has 0 unspecified atom stereocenters. The van der Waals surface area contributed by atoms with Crippen LogP contribution in [0.3, 0.4) is 0 Å². The number of imidazole rings is 1. The molecule has 0 saturated heterocycles. The Labute approximate surface area is 162 Å². The Bertz CT molecular complexity index is 1010. The topological polar surface area (TPSA) is 104 Å². The number of carbonyl (C=O) groups is 2. The van der Waals surface area contributed by atoms with Crippen LogP contribution in [0, 0.1) is 0 Å². The van der Waals surface area contributed by atoms with E-state index in [9.17, 15) is 9.59 Å². The van der Waals surface area contributed by atoms with E-state index in [-0.39, 0.29) is 31.0 Å². The first kappa shape index (κ1) is 19.4. The Morgan fingerprint density at radius 3 is 2.54 bits per heavy atom. The maximum Gasteiger partial charge on any atom is 0.303 e. The number of amides is 1. The monoisotopic (exact) mass is 382 g/mol. The number of para-hydroxylation sites is 2. The SMILES string of the molecule is CN(C)N(Cc1nc2ccccc2n1C)C(=O)c1nccnc1CCC(=O)O. The fourth-order valence-electron chi connectivity index (χ4n) is 2.94. The quantitative estimate of drug-likeness (QED) is 0.618. The zero-order chi connectivity index (χ0) is 20.3. The number of nitrogens with zero attached hydrogens (tertiary/aromatic N) is 6. The molecule has 0 aliphatic carbocycles. The van der Waals surface area contributed by atoms with Crippen molar-refractivity contribution in [2.75, 3.05) is 14.1 Å². The van der Waals surface area contributed by atoms with Gasteiger partial charge in [0.25, 0.3) is 5.91 Å². The van der Waals surface area contributed by atoms with E-state index in [4.69, 9.17) is 5.11 Å². The molecule has 9 heteroatoms. The summed E-state index contributed by atoms with van der Waals surface area (Å²) in [6, 6.07) is 7.76. The molecule has 0 atom stereocenters. The summed E-state index contributed by atoms with van der Waals surface area (Å²) < 4.78 is 1.95. The van der Waals surface area contributed by atoms with Crippen molar-refractivity contribution in [2.24, 2.45) is 7.05 Å². The average molecular weight is 382 g/mol. The highest BCUT2D eigenvalue weighted by atomic mass is 16.4. The van der Waals surface area contributed by atoms with Crippen molar-refractivity contribution in [1.82, 2.24) is 29.5 Å². The molecule has 2 aromatic heterocycles. The van der Waals surface area contributed by atoms with Crippen LogP contribution in [-0.4, -0.2) is 60.6 Å². The van der Waals surface area contributed by atoms with Gasteiger partial charge >= 0.3 is 5.97 Å². The first-order valence-corrected chi connectivity index (χ1v) is 8.79. The van der Waals surface area contributed by atoms with E-state index in [1.807, 2.05) is 35.9 Å². The highest BCUT2D eigenvalue weighted by Crippen LogP contribution is 2.17. The number of aryl methyl sites for hydroxylation is 2. The number of rotatable bonds is 7. The molecule has 0 aliphatic rings. The lowest BCUT2D eigenvalue weighted by Crippen LogP contribution is -2.42. The number of carboxylic acid groups (broad SMARTS) is 1. The van der Waals surface area contributed by atoms with E-state index >= 15 is 0 Å². The minimum Gasteiger partial charge on any atom is -0.481 e. The molecule has 146 valence electrons. The summed E-state index contributed by atoms with van der Waals surface area (Å²) in [7, 11) is 5.42. The largest absolute Gasteiger partial charge is 0.481 e. The molecule has 3 rings (SSSR count). The predicted molar refractivity (Wildman–Crippen MR) is 102 cm³/mol. The van der Waals surface area contributed by atoms with Gasteiger partial charge in [0.2, 0.25) is 0 Å². The zero-order valence-electron chi connectivity index (χ0n) is 16.0. The molecule has 3 aromatic rings. The van der Waals surface area contributed by atoms with Crippen LogP contribution in [0.4, 0.5) is 0 Å². The summed E-state index contributed by atoms with van der Waals surface area (Å²) in [4.78, 5) is 37.0. The summed E-state index contributed by atoms with van der Waals surface area (Å²) in [5.41, 5.74) is 2.35. The van der Waals surface area contributed by atoms with Gasteiger partial charge in [0.05, 0.1) is 29.7 Å². The van der Waals surface area contributed by atoms with Gasteiger partial charge in [0.1, 0.15) is 5.82 Å². The van der Waals surface area contributed by atoms with Crippen molar-refractivity contribution in [1.29, 1.82) is 0 Å². The van der Waals surface area contributed by atoms with E-state index in [1.165, 1.54) is 17.4 Å². The number of carbonyl (C=O) groups excluding carboxylic acids is 1. The number of aliphatic carboxylic acids is 1. The van der Waals surface area contributed by atoms with Gasteiger partial charge in [0, 0.05) is 40.0 Å². The van der Waals surface area contributed by atoms with Gasteiger partial charge in [-0.15, -0.1) is 0 Å². The Hall–Kier alpha value is -3.33. The molecule has 0 fully saturated rings. The molecule has 0 aliphatic heterocycles. The number of hydrazine groups is 1. The fraction of sp³-hybridized carbons (Fsp3) is 0.316. The Morgan fingerprint density at radius 1 is 1.14 bits per heavy atom. The minimum atomic E-state index is -0.951. The molecule has 1 aromatic carbocycles. The van der Waals surface area contributed by atoms with Crippen LogP contribution in [0.2, 0.25) is 0 Å². The average Bonchev–Trinajstić information content (AvgIpc) is 3.00. The highest BCUT2D eigenvalue weighted by molar-refractivity contribution is 5.93. The smallest absolute Gasteiger partial charge is 0.303 e. The summed E-state index contributed by atoms with van der Waals surface area (Å²) in [5.74, 6) is -0.585. The number of benzene rings is 1. The molecule has 1 N–H and O–H groups in total. The van der Waals surface area contributed by atoms with Crippen LogP contribution >= 0.6 is 0 Å². The molecule has 1 amide bonds. The molecule has 0 spiro atoms. The predicted octanol–water partition coefficient (Wildman–Crippen LogP) is 1.50. The van der Waals surface area contributed by atoms with E-state index in [0.29, 0.717) is 5.69 Å². The summed E-state index contributed by atoms with van der Waals surface area (Å²) >= 11 is 0. The van der Waals surface area contributed by atoms with Crippen LogP contribution < -0.4 is 0 Å². The first-order chi connectivity index (χ1) is 13.4. The van der Waals surface area contributed by atoms with E-state index in [1.54, 1.807) is 19.1 Å². The van der Waals surface area contributed by atoms with Crippen molar-refractivity contribution in [3.8, 4) is 0 Å². The maximum absolute atomic E-state index is 13.2. The van der Waals surface area contributed by atoms with Gasteiger partial charge in [-0.1, -0.05) is 12.1 Å². The molecule has 0 bridgehead atoms. The van der Waals surface area contributed by atoms with Crippen molar-refractivity contribution >= 4 is 22.9 Å². The lowest BCUT2D eigenvalue weighted by atomic mass is 10.1. The molecule has 0 saturated carbocycles. The number of hydrogen-bond donors (Lipinski definition) is 1. The van der Waals surface area contributed by atoms with Gasteiger partial charge in [-0.3, -0.25) is 19.6 Å². The Morgan fingerprint density at radius 2 is 1.86 bits per heavy atom. The number of fused-ring (bicyclic) bond motifs is 1. The fourth-order valence-corrected chi connectivity index (χ4v) is 2.94. The summed E-state index contributed by atoms with van der Waals surface area (Å²) in [6.45, 7) is 0.242. The van der Waals surface area contributed by atoms with Crippen molar-refractivity contribution in [3.63, 3.8) is 0 Å². The highest BCUT2D eigenvalue weighted by Gasteiger charge is 2.25. The standard InChI is InChI=1S/C19H22N6O3/c1-23(2)25(12-16-22-13-6-4-5-7-15(13)24(16)3)19(28)18-14(8-9-17(26)27)20-10-11-21-18/h4-7,10-11H,8-9,12H2,1-3H3,(H,26,27). The summed E-state index contributed by atoms with van der Waals surface area (Å²) in [6.07, 6.45) is 2.91. The van der Waals surface area contributed by atoms with Gasteiger partial charge in [-0.2, -0.15) is 0 Å². The molecule has 2 heterocycles. The lowest BCUT2D eigenvalue weighted by Gasteiger charge is -2.28. The second kappa shape index (κ2) is 8.13. The lowest BCUT2D eigenvalue weighted by molar-refractivity contribution is -0.137. The molecule has 0 radical (unpaired) electrons. The van der Waals surface area contributed by atoms with Crippen molar-refractivity contribution in [2.45, 2.75) is 19.4 Å². The molecular weight excluding hydrogens is 360 g/mol. The third kappa shape index (κ3) is 3.99. The molecule has 9 nitrogen and oxygen atoms in total. The normalized spacial score (nSPS) is 11.1.